The zero-order valence-electron chi connectivity index (χ0n) is 11.9. The van der Waals surface area contributed by atoms with Gasteiger partial charge in [-0.2, -0.15) is 0 Å². The molecule has 5 heteroatoms. The molecule has 1 atom stereocenters. The van der Waals surface area contributed by atoms with Crippen molar-refractivity contribution in [3.8, 4) is 0 Å². The largest absolute Gasteiger partial charge is 0.383 e. The molecule has 1 aliphatic rings. The van der Waals surface area contributed by atoms with Crippen molar-refractivity contribution in [3.63, 3.8) is 0 Å². The molecule has 0 bridgehead atoms. The molecule has 0 radical (unpaired) electrons. The highest BCUT2D eigenvalue weighted by atomic mass is 32.2. The molecule has 2 heterocycles. The first-order valence-corrected chi connectivity index (χ1v) is 8.69. The summed E-state index contributed by atoms with van der Waals surface area (Å²) in [6.07, 6.45) is 3.54. The average molecular weight is 305 g/mol. The van der Waals surface area contributed by atoms with Gasteiger partial charge in [0.15, 0.2) is 5.16 Å². The fourth-order valence-corrected chi connectivity index (χ4v) is 4.59. The highest BCUT2D eigenvalue weighted by molar-refractivity contribution is 7.99. The SMILES string of the molecule is C=C(C)CSc1nc(N)c2c3c(sc2n1)CC[C@@H](C)C3. The fraction of sp³-hybridized carbons (Fsp3) is 0.467. The van der Waals surface area contributed by atoms with Gasteiger partial charge < -0.3 is 5.73 Å². The molecular formula is C15H19N3S2. The second kappa shape index (κ2) is 5.37. The summed E-state index contributed by atoms with van der Waals surface area (Å²) in [6.45, 7) is 8.23. The van der Waals surface area contributed by atoms with Gasteiger partial charge in [-0.15, -0.1) is 11.3 Å². The van der Waals surface area contributed by atoms with Gasteiger partial charge in [0, 0.05) is 10.6 Å². The molecule has 0 aliphatic heterocycles. The van der Waals surface area contributed by atoms with Crippen LogP contribution in [0, 0.1) is 5.92 Å². The lowest BCUT2D eigenvalue weighted by atomic mass is 9.89. The Morgan fingerprint density at radius 2 is 2.30 bits per heavy atom. The van der Waals surface area contributed by atoms with E-state index in [4.69, 9.17) is 5.73 Å². The maximum atomic E-state index is 6.20. The van der Waals surface area contributed by atoms with Crippen LogP contribution >= 0.6 is 23.1 Å². The molecule has 0 spiro atoms. The van der Waals surface area contributed by atoms with Crippen LogP contribution in [0.2, 0.25) is 0 Å². The van der Waals surface area contributed by atoms with Crippen molar-refractivity contribution in [3.05, 3.63) is 22.6 Å². The molecule has 20 heavy (non-hydrogen) atoms. The van der Waals surface area contributed by atoms with Gasteiger partial charge in [0.1, 0.15) is 10.6 Å². The summed E-state index contributed by atoms with van der Waals surface area (Å²) in [5.74, 6) is 2.22. The molecule has 0 saturated heterocycles. The number of fused-ring (bicyclic) bond motifs is 3. The Balaban J connectivity index is 2.03. The van der Waals surface area contributed by atoms with Gasteiger partial charge in [0.25, 0.3) is 0 Å². The Kier molecular flexibility index (Phi) is 3.73. The third-order valence-electron chi connectivity index (χ3n) is 3.61. The number of nitrogens with two attached hydrogens (primary N) is 1. The number of hydrogen-bond donors (Lipinski definition) is 1. The summed E-state index contributed by atoms with van der Waals surface area (Å²) >= 11 is 3.41. The lowest BCUT2D eigenvalue weighted by molar-refractivity contribution is 0.508. The molecule has 0 unspecified atom stereocenters. The van der Waals surface area contributed by atoms with E-state index >= 15 is 0 Å². The van der Waals surface area contributed by atoms with E-state index in [-0.39, 0.29) is 0 Å². The van der Waals surface area contributed by atoms with Crippen molar-refractivity contribution in [2.24, 2.45) is 5.92 Å². The van der Waals surface area contributed by atoms with E-state index in [2.05, 4.69) is 23.5 Å². The number of thioether (sulfide) groups is 1. The van der Waals surface area contributed by atoms with E-state index in [1.807, 2.05) is 6.92 Å². The van der Waals surface area contributed by atoms with Crippen LogP contribution in [0.5, 0.6) is 0 Å². The van der Waals surface area contributed by atoms with E-state index in [0.717, 1.165) is 45.5 Å². The first-order valence-electron chi connectivity index (χ1n) is 6.89. The Labute approximate surface area is 127 Å². The monoisotopic (exact) mass is 305 g/mol. The van der Waals surface area contributed by atoms with Crippen LogP contribution in [-0.4, -0.2) is 15.7 Å². The van der Waals surface area contributed by atoms with E-state index in [1.54, 1.807) is 23.1 Å². The van der Waals surface area contributed by atoms with Gasteiger partial charge in [-0.3, -0.25) is 0 Å². The topological polar surface area (TPSA) is 51.8 Å². The van der Waals surface area contributed by atoms with Gasteiger partial charge in [-0.05, 0) is 37.7 Å². The number of thiophene rings is 1. The second-order valence-corrected chi connectivity index (χ2v) is 7.70. The summed E-state index contributed by atoms with van der Waals surface area (Å²) < 4.78 is 0. The van der Waals surface area contributed by atoms with Crippen molar-refractivity contribution >= 4 is 39.1 Å². The van der Waals surface area contributed by atoms with Crippen molar-refractivity contribution in [1.82, 2.24) is 9.97 Å². The molecule has 2 aromatic heterocycles. The van der Waals surface area contributed by atoms with Crippen LogP contribution in [0.15, 0.2) is 17.3 Å². The minimum absolute atomic E-state index is 0.644. The van der Waals surface area contributed by atoms with Crippen LogP contribution in [-0.2, 0) is 12.8 Å². The number of nitrogens with zero attached hydrogens (tertiary/aromatic N) is 2. The average Bonchev–Trinajstić information content (AvgIpc) is 2.74. The third-order valence-corrected chi connectivity index (χ3v) is 5.87. The summed E-state index contributed by atoms with van der Waals surface area (Å²) in [4.78, 5) is 11.7. The zero-order valence-corrected chi connectivity index (χ0v) is 13.5. The van der Waals surface area contributed by atoms with Gasteiger partial charge in [0.05, 0.1) is 5.39 Å². The number of aromatic nitrogens is 2. The van der Waals surface area contributed by atoms with Crippen molar-refractivity contribution in [2.45, 2.75) is 38.3 Å². The Morgan fingerprint density at radius 3 is 3.05 bits per heavy atom. The lowest BCUT2D eigenvalue weighted by Gasteiger charge is -2.18. The van der Waals surface area contributed by atoms with E-state index in [9.17, 15) is 0 Å². The summed E-state index contributed by atoms with van der Waals surface area (Å²) in [5.41, 5.74) is 8.72. The molecule has 106 valence electrons. The third kappa shape index (κ3) is 2.56. The maximum absolute atomic E-state index is 6.20. The predicted molar refractivity (Wildman–Crippen MR) is 88.6 cm³/mol. The highest BCUT2D eigenvalue weighted by Gasteiger charge is 2.23. The van der Waals surface area contributed by atoms with Crippen molar-refractivity contribution in [2.75, 3.05) is 11.5 Å². The van der Waals surface area contributed by atoms with Crippen LogP contribution in [0.3, 0.4) is 0 Å². The number of nitrogen functional groups attached to an aromatic ring is 1. The molecule has 0 aromatic carbocycles. The van der Waals surface area contributed by atoms with Crippen LogP contribution in [0.4, 0.5) is 5.82 Å². The maximum Gasteiger partial charge on any atom is 0.191 e. The standard InChI is InChI=1S/C15H19N3S2/c1-8(2)7-19-15-17-13(16)12-10-6-9(3)4-5-11(10)20-14(12)18-15/h9H,1,4-7H2,2-3H3,(H2,16,17,18)/t9-/m1/s1. The smallest absolute Gasteiger partial charge is 0.191 e. The van der Waals surface area contributed by atoms with Crippen LogP contribution < -0.4 is 5.73 Å². The molecular weight excluding hydrogens is 286 g/mol. The zero-order chi connectivity index (χ0) is 14.3. The van der Waals surface area contributed by atoms with Gasteiger partial charge in [-0.25, -0.2) is 9.97 Å². The number of rotatable bonds is 3. The van der Waals surface area contributed by atoms with E-state index in [0.29, 0.717) is 5.82 Å². The summed E-state index contributed by atoms with van der Waals surface area (Å²) in [6, 6.07) is 0. The summed E-state index contributed by atoms with van der Waals surface area (Å²) in [5, 5.41) is 1.88. The first kappa shape index (κ1) is 13.9. The minimum atomic E-state index is 0.644. The molecule has 2 aromatic rings. The highest BCUT2D eigenvalue weighted by Crippen LogP contribution is 2.39. The van der Waals surface area contributed by atoms with Gasteiger partial charge >= 0.3 is 0 Å². The molecule has 1 aliphatic carbocycles. The van der Waals surface area contributed by atoms with E-state index in [1.165, 1.54) is 16.9 Å². The fourth-order valence-electron chi connectivity index (χ4n) is 2.61. The lowest BCUT2D eigenvalue weighted by Crippen LogP contribution is -2.09. The second-order valence-electron chi connectivity index (χ2n) is 5.67. The van der Waals surface area contributed by atoms with Crippen LogP contribution in [0.1, 0.15) is 30.7 Å². The van der Waals surface area contributed by atoms with Gasteiger partial charge in [-0.1, -0.05) is 30.8 Å². The van der Waals surface area contributed by atoms with Crippen molar-refractivity contribution in [1.29, 1.82) is 0 Å². The molecule has 0 fully saturated rings. The molecule has 2 N–H and O–H groups in total. The van der Waals surface area contributed by atoms with Gasteiger partial charge in [0.2, 0.25) is 0 Å². The number of hydrogen-bond acceptors (Lipinski definition) is 5. The molecule has 3 rings (SSSR count). The predicted octanol–water partition coefficient (Wildman–Crippen LogP) is 4.07. The first-order chi connectivity index (χ1) is 9.54. The normalized spacial score (nSPS) is 18.2. The number of anilines is 1. The molecule has 0 amide bonds. The Morgan fingerprint density at radius 1 is 1.50 bits per heavy atom. The van der Waals surface area contributed by atoms with E-state index < -0.39 is 0 Å². The van der Waals surface area contributed by atoms with Crippen LogP contribution in [0.25, 0.3) is 10.2 Å². The Bertz CT molecular complexity index is 675. The summed E-state index contributed by atoms with van der Waals surface area (Å²) in [7, 11) is 0. The van der Waals surface area contributed by atoms with Crippen molar-refractivity contribution < 1.29 is 0 Å². The molecule has 0 saturated carbocycles. The molecule has 3 nitrogen and oxygen atoms in total. The quantitative estimate of drug-likeness (QED) is 0.527. The minimum Gasteiger partial charge on any atom is -0.383 e. The Hall–Kier alpha value is -1.07. The number of aryl methyl sites for hydroxylation is 1.